The highest BCUT2D eigenvalue weighted by Gasteiger charge is 2.22. The van der Waals surface area contributed by atoms with Gasteiger partial charge in [-0.2, -0.15) is 5.10 Å². The van der Waals surface area contributed by atoms with E-state index >= 15 is 0 Å². The first-order chi connectivity index (χ1) is 13.0. The first-order valence-electron chi connectivity index (χ1n) is 7.62. The first kappa shape index (κ1) is 17.0. The van der Waals surface area contributed by atoms with E-state index in [2.05, 4.69) is 26.5 Å². The van der Waals surface area contributed by atoms with E-state index in [9.17, 15) is 14.9 Å². The minimum absolute atomic E-state index is 0.00795. The molecule has 0 unspecified atom stereocenters. The van der Waals surface area contributed by atoms with Crippen LogP contribution in [0, 0.1) is 10.1 Å². The minimum Gasteiger partial charge on any atom is -0.454 e. The number of carbonyl (C=O) groups is 1. The van der Waals surface area contributed by atoms with Gasteiger partial charge in [-0.05, 0) is 30.3 Å². The monoisotopic (exact) mass is 431 g/mol. The van der Waals surface area contributed by atoms with Crippen molar-refractivity contribution in [2.24, 2.45) is 5.10 Å². The van der Waals surface area contributed by atoms with E-state index in [1.54, 1.807) is 18.2 Å². The van der Waals surface area contributed by atoms with Gasteiger partial charge in [0.25, 0.3) is 5.69 Å². The van der Waals surface area contributed by atoms with Gasteiger partial charge in [0.2, 0.25) is 6.79 Å². The maximum atomic E-state index is 12.2. The number of ether oxygens (including phenoxy) is 2. The lowest BCUT2D eigenvalue weighted by atomic mass is 10.1. The highest BCUT2D eigenvalue weighted by molar-refractivity contribution is 9.10. The van der Waals surface area contributed by atoms with Crippen LogP contribution < -0.4 is 14.9 Å². The van der Waals surface area contributed by atoms with Crippen LogP contribution in [0.2, 0.25) is 0 Å². The van der Waals surface area contributed by atoms with Crippen LogP contribution >= 0.6 is 15.9 Å². The van der Waals surface area contributed by atoms with Crippen molar-refractivity contribution in [3.05, 3.63) is 62.3 Å². The summed E-state index contributed by atoms with van der Waals surface area (Å²) in [5.74, 6) is 0.148. The summed E-state index contributed by atoms with van der Waals surface area (Å²) in [6, 6.07) is 9.60. The number of rotatable bonds is 4. The molecule has 0 saturated heterocycles. The second-order valence-electron chi connectivity index (χ2n) is 5.51. The molecule has 136 valence electrons. The molecule has 0 fully saturated rings. The van der Waals surface area contributed by atoms with Gasteiger partial charge in [0.1, 0.15) is 5.58 Å². The Morgan fingerprint density at radius 2 is 2.00 bits per heavy atom. The number of nitro groups is 1. The zero-order valence-corrected chi connectivity index (χ0v) is 15.1. The highest BCUT2D eigenvalue weighted by Crippen LogP contribution is 2.37. The van der Waals surface area contributed by atoms with Crippen molar-refractivity contribution in [1.29, 1.82) is 0 Å². The normalized spacial score (nSPS) is 12.6. The molecule has 0 atom stereocenters. The van der Waals surface area contributed by atoms with Gasteiger partial charge >= 0.3 is 5.91 Å². The number of hydrogen-bond acceptors (Lipinski definition) is 7. The second-order valence-corrected chi connectivity index (χ2v) is 6.43. The van der Waals surface area contributed by atoms with Gasteiger partial charge in [0.05, 0.1) is 22.8 Å². The number of hydrazone groups is 1. The fourth-order valence-corrected chi connectivity index (χ4v) is 2.93. The zero-order valence-electron chi connectivity index (χ0n) is 13.5. The molecule has 2 heterocycles. The number of amides is 1. The third-order valence-corrected chi connectivity index (χ3v) is 4.28. The summed E-state index contributed by atoms with van der Waals surface area (Å²) in [5, 5.41) is 15.7. The molecule has 1 aliphatic rings. The van der Waals surface area contributed by atoms with Gasteiger partial charge in [-0.25, -0.2) is 5.43 Å². The molecule has 3 aromatic rings. The molecule has 1 aliphatic heterocycles. The SMILES string of the molecule is O=C(N/N=C/c1cc2c(cc1[N+](=O)[O-])OCO2)c1cc2cc(Br)ccc2o1. The van der Waals surface area contributed by atoms with Crippen LogP contribution in [-0.2, 0) is 0 Å². The molecule has 9 nitrogen and oxygen atoms in total. The third kappa shape index (κ3) is 3.34. The van der Waals surface area contributed by atoms with E-state index in [1.807, 2.05) is 6.07 Å². The van der Waals surface area contributed by atoms with Crippen molar-refractivity contribution in [3.8, 4) is 11.5 Å². The standard InChI is InChI=1S/C17H10BrN3O6/c18-11-1-2-13-9(3-11)4-16(27-13)17(22)20-19-7-10-5-14-15(26-8-25-14)6-12(10)21(23)24/h1-7H,8H2,(H,20,22)/b19-7+. The van der Waals surface area contributed by atoms with E-state index < -0.39 is 10.8 Å². The number of nitro benzene ring substituents is 1. The molecule has 1 amide bonds. The predicted octanol–water partition coefficient (Wildman–Crippen LogP) is 3.60. The molecule has 4 rings (SSSR count). The van der Waals surface area contributed by atoms with Crippen molar-refractivity contribution in [2.45, 2.75) is 0 Å². The molecule has 2 aromatic carbocycles. The fourth-order valence-electron chi connectivity index (χ4n) is 2.55. The maximum absolute atomic E-state index is 12.2. The molecule has 27 heavy (non-hydrogen) atoms. The Morgan fingerprint density at radius 1 is 1.22 bits per heavy atom. The Labute approximate surface area is 159 Å². The number of nitrogens with zero attached hydrogens (tertiary/aromatic N) is 2. The smallest absolute Gasteiger partial charge is 0.307 e. The van der Waals surface area contributed by atoms with E-state index in [4.69, 9.17) is 13.9 Å². The van der Waals surface area contributed by atoms with Crippen LogP contribution in [0.4, 0.5) is 5.69 Å². The van der Waals surface area contributed by atoms with Crippen molar-refractivity contribution in [2.75, 3.05) is 6.79 Å². The van der Waals surface area contributed by atoms with Crippen LogP contribution in [0.15, 0.2) is 50.4 Å². The molecule has 0 spiro atoms. The van der Waals surface area contributed by atoms with Crippen molar-refractivity contribution in [3.63, 3.8) is 0 Å². The Morgan fingerprint density at radius 3 is 2.78 bits per heavy atom. The number of halogens is 1. The van der Waals surface area contributed by atoms with Crippen molar-refractivity contribution in [1.82, 2.24) is 5.43 Å². The largest absolute Gasteiger partial charge is 0.454 e. The summed E-state index contributed by atoms with van der Waals surface area (Å²) >= 11 is 3.35. The van der Waals surface area contributed by atoms with Gasteiger partial charge in [0, 0.05) is 9.86 Å². The molecule has 0 saturated carbocycles. The second kappa shape index (κ2) is 6.72. The van der Waals surface area contributed by atoms with Crippen LogP contribution in [0.3, 0.4) is 0 Å². The summed E-state index contributed by atoms with van der Waals surface area (Å²) in [7, 11) is 0. The zero-order chi connectivity index (χ0) is 19.0. The number of hydrogen-bond donors (Lipinski definition) is 1. The molecule has 10 heteroatoms. The molecule has 0 bridgehead atoms. The van der Waals surface area contributed by atoms with Crippen molar-refractivity contribution < 1.29 is 23.6 Å². The van der Waals surface area contributed by atoms with Gasteiger partial charge in [-0.3, -0.25) is 14.9 Å². The Bertz CT molecular complexity index is 1110. The fraction of sp³-hybridized carbons (Fsp3) is 0.0588. The number of nitrogens with one attached hydrogen (secondary N) is 1. The summed E-state index contributed by atoms with van der Waals surface area (Å²) in [6.07, 6.45) is 1.16. The average Bonchev–Trinajstić information content (AvgIpc) is 3.26. The van der Waals surface area contributed by atoms with Crippen LogP contribution in [0.1, 0.15) is 16.1 Å². The highest BCUT2D eigenvalue weighted by atomic mass is 79.9. The lowest BCUT2D eigenvalue weighted by Crippen LogP contribution is -2.16. The summed E-state index contributed by atoms with van der Waals surface area (Å²) in [5.41, 5.74) is 2.79. The van der Waals surface area contributed by atoms with Crippen LogP contribution in [-0.4, -0.2) is 23.8 Å². The quantitative estimate of drug-likeness (QED) is 0.383. The summed E-state index contributed by atoms with van der Waals surface area (Å²) in [6.45, 7) is -0.00795. The summed E-state index contributed by atoms with van der Waals surface area (Å²) < 4.78 is 16.6. The number of carbonyl (C=O) groups excluding carboxylic acids is 1. The van der Waals surface area contributed by atoms with Gasteiger partial charge < -0.3 is 13.9 Å². The lowest BCUT2D eigenvalue weighted by molar-refractivity contribution is -0.385. The third-order valence-electron chi connectivity index (χ3n) is 3.79. The summed E-state index contributed by atoms with van der Waals surface area (Å²) in [4.78, 5) is 22.8. The first-order valence-corrected chi connectivity index (χ1v) is 8.41. The van der Waals surface area contributed by atoms with Crippen LogP contribution in [0.5, 0.6) is 11.5 Å². The topological polar surface area (TPSA) is 116 Å². The number of furan rings is 1. The van der Waals surface area contributed by atoms with Gasteiger partial charge in [-0.15, -0.1) is 0 Å². The van der Waals surface area contributed by atoms with E-state index in [0.29, 0.717) is 11.3 Å². The molecule has 1 aromatic heterocycles. The van der Waals surface area contributed by atoms with E-state index in [-0.39, 0.29) is 29.6 Å². The molecular weight excluding hydrogens is 422 g/mol. The molecule has 1 N–H and O–H groups in total. The van der Waals surface area contributed by atoms with Gasteiger partial charge in [0.15, 0.2) is 17.3 Å². The van der Waals surface area contributed by atoms with E-state index in [0.717, 1.165) is 16.1 Å². The number of benzene rings is 2. The van der Waals surface area contributed by atoms with E-state index in [1.165, 1.54) is 12.1 Å². The molecular formula is C17H10BrN3O6. The Balaban J connectivity index is 1.54. The minimum atomic E-state index is -0.582. The Hall–Kier alpha value is -3.40. The number of fused-ring (bicyclic) bond motifs is 2. The van der Waals surface area contributed by atoms with Crippen molar-refractivity contribution >= 4 is 44.7 Å². The average molecular weight is 432 g/mol. The maximum Gasteiger partial charge on any atom is 0.307 e. The molecule has 0 aliphatic carbocycles. The van der Waals surface area contributed by atoms with Crippen LogP contribution in [0.25, 0.3) is 11.0 Å². The van der Waals surface area contributed by atoms with Gasteiger partial charge in [-0.1, -0.05) is 15.9 Å². The lowest BCUT2D eigenvalue weighted by Gasteiger charge is -2.00. The molecule has 0 radical (unpaired) electrons. The predicted molar refractivity (Wildman–Crippen MR) is 98.2 cm³/mol. The Kier molecular flexibility index (Phi) is 4.24.